The Morgan fingerprint density at radius 3 is 2.47 bits per heavy atom. The lowest BCUT2D eigenvalue weighted by molar-refractivity contribution is -0.275. The Hall–Kier alpha value is -0.570. The van der Waals surface area contributed by atoms with Gasteiger partial charge in [-0.25, -0.2) is 4.39 Å². The molecule has 0 spiro atoms. The zero-order valence-electron chi connectivity index (χ0n) is 7.24. The van der Waals surface area contributed by atoms with E-state index in [1.165, 1.54) is 6.07 Å². The summed E-state index contributed by atoms with van der Waals surface area (Å²) in [6, 6.07) is 3.30. The zero-order chi connectivity index (χ0) is 11.5. The van der Waals surface area contributed by atoms with Crippen molar-refractivity contribution in [1.82, 2.24) is 3.53 Å². The van der Waals surface area contributed by atoms with Gasteiger partial charge in [-0.15, -0.1) is 13.2 Å². The fourth-order valence-electron chi connectivity index (χ4n) is 0.939. The zero-order valence-corrected chi connectivity index (χ0v) is 9.39. The maximum Gasteiger partial charge on any atom is 0.573 e. The molecule has 0 bridgehead atoms. The second-order valence-electron chi connectivity index (χ2n) is 2.62. The van der Waals surface area contributed by atoms with E-state index in [0.717, 1.165) is 12.1 Å². The van der Waals surface area contributed by atoms with Crippen molar-refractivity contribution in [2.75, 3.05) is 0 Å². The fourth-order valence-corrected chi connectivity index (χ4v) is 1.38. The largest absolute Gasteiger partial charge is 0.573 e. The molecule has 0 saturated carbocycles. The van der Waals surface area contributed by atoms with Crippen molar-refractivity contribution in [3.8, 4) is 5.75 Å². The Labute approximate surface area is 97.1 Å². The Balaban J connectivity index is 2.84. The van der Waals surface area contributed by atoms with Crippen LogP contribution < -0.4 is 8.27 Å². The normalized spacial score (nSPS) is 11.5. The summed E-state index contributed by atoms with van der Waals surface area (Å²) in [5.74, 6) is -1.85. The summed E-state index contributed by atoms with van der Waals surface area (Å²) in [5.41, 5.74) is 0.538. The molecule has 2 nitrogen and oxygen atoms in total. The van der Waals surface area contributed by atoms with Crippen LogP contribution in [-0.4, -0.2) is 6.36 Å². The standard InChI is InChI=1S/C8H6F4INO/c9-6-3-5(4-14-13)1-2-7(6)15-8(10,11)12/h1-3,14H,4H2. The van der Waals surface area contributed by atoms with Crippen molar-refractivity contribution in [2.45, 2.75) is 12.9 Å². The minimum absolute atomic E-state index is 0.365. The van der Waals surface area contributed by atoms with Crippen molar-refractivity contribution >= 4 is 22.9 Å². The molecule has 7 heteroatoms. The first kappa shape index (κ1) is 12.5. The van der Waals surface area contributed by atoms with Gasteiger partial charge in [0, 0.05) is 29.4 Å². The van der Waals surface area contributed by atoms with Gasteiger partial charge in [0.2, 0.25) is 0 Å². The van der Waals surface area contributed by atoms with Crippen LogP contribution in [0.15, 0.2) is 18.2 Å². The number of nitrogens with one attached hydrogen (secondary N) is 1. The Morgan fingerprint density at radius 1 is 1.33 bits per heavy atom. The van der Waals surface area contributed by atoms with E-state index in [1.807, 2.05) is 22.9 Å². The van der Waals surface area contributed by atoms with Crippen LogP contribution >= 0.6 is 22.9 Å². The van der Waals surface area contributed by atoms with Crippen molar-refractivity contribution in [3.05, 3.63) is 29.6 Å². The molecular weight excluding hydrogens is 329 g/mol. The van der Waals surface area contributed by atoms with Crippen LogP contribution in [0.25, 0.3) is 0 Å². The van der Waals surface area contributed by atoms with Crippen LogP contribution in [0.4, 0.5) is 17.6 Å². The number of benzene rings is 1. The molecule has 0 aromatic heterocycles. The van der Waals surface area contributed by atoms with E-state index in [0.29, 0.717) is 12.1 Å². The maximum atomic E-state index is 13.0. The van der Waals surface area contributed by atoms with Crippen molar-refractivity contribution in [2.24, 2.45) is 0 Å². The molecule has 0 fully saturated rings. The summed E-state index contributed by atoms with van der Waals surface area (Å²) in [4.78, 5) is 0. The molecule has 0 amide bonds. The van der Waals surface area contributed by atoms with Crippen molar-refractivity contribution in [3.63, 3.8) is 0 Å². The van der Waals surface area contributed by atoms with E-state index in [2.05, 4.69) is 8.27 Å². The highest BCUT2D eigenvalue weighted by Gasteiger charge is 2.32. The fraction of sp³-hybridized carbons (Fsp3) is 0.250. The molecular formula is C8H6F4INO. The summed E-state index contributed by atoms with van der Waals surface area (Å²) in [5, 5.41) is 0. The SMILES string of the molecule is Fc1cc(CNI)ccc1OC(F)(F)F. The van der Waals surface area contributed by atoms with Crippen molar-refractivity contribution < 1.29 is 22.3 Å². The van der Waals surface area contributed by atoms with Crippen LogP contribution in [0, 0.1) is 5.82 Å². The van der Waals surface area contributed by atoms with Gasteiger partial charge in [-0.3, -0.25) is 3.53 Å². The van der Waals surface area contributed by atoms with Gasteiger partial charge in [-0.05, 0) is 17.7 Å². The van der Waals surface area contributed by atoms with Crippen LogP contribution in [0.3, 0.4) is 0 Å². The van der Waals surface area contributed by atoms with Crippen LogP contribution in [0.1, 0.15) is 5.56 Å². The molecule has 1 N–H and O–H groups in total. The first-order valence-electron chi connectivity index (χ1n) is 3.80. The van der Waals surface area contributed by atoms with Crippen LogP contribution in [0.5, 0.6) is 5.75 Å². The molecule has 1 aromatic rings. The monoisotopic (exact) mass is 335 g/mol. The summed E-state index contributed by atoms with van der Waals surface area (Å²) in [6.07, 6.45) is -4.87. The average molecular weight is 335 g/mol. The van der Waals surface area contributed by atoms with E-state index < -0.39 is 17.9 Å². The highest BCUT2D eigenvalue weighted by Crippen LogP contribution is 2.25. The van der Waals surface area contributed by atoms with E-state index in [9.17, 15) is 17.6 Å². The van der Waals surface area contributed by atoms with Gasteiger partial charge in [0.25, 0.3) is 0 Å². The van der Waals surface area contributed by atoms with Crippen LogP contribution in [-0.2, 0) is 6.54 Å². The second-order valence-corrected chi connectivity index (χ2v) is 3.39. The molecule has 0 radical (unpaired) electrons. The van der Waals surface area contributed by atoms with Crippen LogP contribution in [0.2, 0.25) is 0 Å². The molecule has 15 heavy (non-hydrogen) atoms. The average Bonchev–Trinajstić information content (AvgIpc) is 2.08. The van der Waals surface area contributed by atoms with E-state index in [-0.39, 0.29) is 0 Å². The minimum Gasteiger partial charge on any atom is -0.403 e. The molecule has 1 aromatic carbocycles. The van der Waals surface area contributed by atoms with Gasteiger partial charge in [0.05, 0.1) is 0 Å². The van der Waals surface area contributed by atoms with Gasteiger partial charge in [0.1, 0.15) is 0 Å². The van der Waals surface area contributed by atoms with E-state index in [4.69, 9.17) is 0 Å². The Kier molecular flexibility index (Phi) is 4.14. The van der Waals surface area contributed by atoms with Gasteiger partial charge in [0.15, 0.2) is 11.6 Å². The first-order valence-corrected chi connectivity index (χ1v) is 4.88. The quantitative estimate of drug-likeness (QED) is 0.521. The molecule has 0 aliphatic carbocycles. The van der Waals surface area contributed by atoms with Gasteiger partial charge >= 0.3 is 6.36 Å². The highest BCUT2D eigenvalue weighted by atomic mass is 127. The lowest BCUT2D eigenvalue weighted by Crippen LogP contribution is -2.18. The van der Waals surface area contributed by atoms with Gasteiger partial charge in [-0.1, -0.05) is 6.07 Å². The molecule has 0 unspecified atom stereocenters. The predicted octanol–water partition coefficient (Wildman–Crippen LogP) is 3.16. The number of halogens is 5. The van der Waals surface area contributed by atoms with E-state index >= 15 is 0 Å². The summed E-state index contributed by atoms with van der Waals surface area (Å²) in [6.45, 7) is 0.365. The summed E-state index contributed by atoms with van der Waals surface area (Å²) in [7, 11) is 0. The number of ether oxygens (including phenoxy) is 1. The molecule has 0 saturated heterocycles. The number of alkyl halides is 3. The minimum atomic E-state index is -4.87. The number of hydrogen-bond acceptors (Lipinski definition) is 2. The highest BCUT2D eigenvalue weighted by molar-refractivity contribution is 14.1. The molecule has 1 rings (SSSR count). The Morgan fingerprint density at radius 2 is 2.00 bits per heavy atom. The molecule has 0 atom stereocenters. The third-order valence-electron chi connectivity index (χ3n) is 1.49. The number of rotatable bonds is 3. The molecule has 0 aliphatic heterocycles. The molecule has 84 valence electrons. The first-order chi connectivity index (χ1) is 6.92. The lowest BCUT2D eigenvalue weighted by atomic mass is 10.2. The topological polar surface area (TPSA) is 21.3 Å². The summed E-state index contributed by atoms with van der Waals surface area (Å²) < 4.78 is 54.5. The van der Waals surface area contributed by atoms with Gasteiger partial charge < -0.3 is 4.74 Å². The molecule has 0 heterocycles. The molecule has 0 aliphatic rings. The van der Waals surface area contributed by atoms with E-state index in [1.54, 1.807) is 0 Å². The third kappa shape index (κ3) is 4.20. The Bertz CT molecular complexity index is 342. The van der Waals surface area contributed by atoms with Gasteiger partial charge in [-0.2, -0.15) is 0 Å². The maximum absolute atomic E-state index is 13.0. The predicted molar refractivity (Wildman–Crippen MR) is 53.9 cm³/mol. The lowest BCUT2D eigenvalue weighted by Gasteiger charge is -2.10. The summed E-state index contributed by atoms with van der Waals surface area (Å²) >= 11 is 1.85. The van der Waals surface area contributed by atoms with Crippen molar-refractivity contribution in [1.29, 1.82) is 0 Å². The smallest absolute Gasteiger partial charge is 0.403 e. The third-order valence-corrected chi connectivity index (χ3v) is 1.87. The number of hydrogen-bond donors (Lipinski definition) is 1. The second kappa shape index (κ2) is 4.97.